The van der Waals surface area contributed by atoms with Gasteiger partial charge in [0.05, 0.1) is 28.4 Å². The molecule has 0 amide bonds. The summed E-state index contributed by atoms with van der Waals surface area (Å²) in [5.74, 6) is 0. The predicted octanol–water partition coefficient (Wildman–Crippen LogP) is -0.855. The summed E-state index contributed by atoms with van der Waals surface area (Å²) in [7, 11) is 0.571. The van der Waals surface area contributed by atoms with E-state index in [1.54, 1.807) is 7.05 Å². The maximum atomic E-state index is 11.4. The van der Waals surface area contributed by atoms with E-state index in [1.165, 1.54) is 0 Å². The summed E-state index contributed by atoms with van der Waals surface area (Å²) in [6.07, 6.45) is 1.44. The second-order valence-electron chi connectivity index (χ2n) is 3.20. The number of nitrogens with one attached hydrogen (secondary N) is 1. The Hall–Kier alpha value is 0.0300. The molecule has 0 aromatic rings. The van der Waals surface area contributed by atoms with E-state index in [-0.39, 0.29) is 11.4 Å². The van der Waals surface area contributed by atoms with E-state index in [0.29, 0.717) is 6.42 Å². The Morgan fingerprint density at radius 2 is 2.25 bits per heavy atom. The van der Waals surface area contributed by atoms with Gasteiger partial charge in [0.2, 0.25) is 0 Å². The van der Waals surface area contributed by atoms with Crippen LogP contribution in [0, 0.1) is 0 Å². The Labute approximate surface area is 74.6 Å². The predicted molar refractivity (Wildman–Crippen MR) is 46.9 cm³/mol. The highest BCUT2D eigenvalue weighted by atomic mass is 32.2. The fourth-order valence-corrected chi connectivity index (χ4v) is 2.56. The first-order valence-electron chi connectivity index (χ1n) is 4.03. The topological polar surface area (TPSA) is 69.6 Å². The number of aliphatic hydroxyl groups is 2. The molecule has 0 bridgehead atoms. The average Bonchev–Trinajstić information content (AvgIpc) is 2.84. The van der Waals surface area contributed by atoms with Crippen LogP contribution in [0.3, 0.4) is 0 Å². The van der Waals surface area contributed by atoms with Crippen molar-refractivity contribution < 1.29 is 14.4 Å². The van der Waals surface area contributed by atoms with Crippen LogP contribution < -0.4 is 4.72 Å². The fourth-order valence-electron chi connectivity index (χ4n) is 1.32. The first kappa shape index (κ1) is 10.1. The van der Waals surface area contributed by atoms with Crippen molar-refractivity contribution in [2.75, 3.05) is 13.7 Å². The monoisotopic (exact) mass is 193 g/mol. The fraction of sp³-hybridized carbons (Fsp3) is 1.00. The van der Waals surface area contributed by atoms with Gasteiger partial charge in [0.25, 0.3) is 0 Å². The maximum absolute atomic E-state index is 11.4. The summed E-state index contributed by atoms with van der Waals surface area (Å²) < 4.78 is 13.8. The number of hydrogen-bond donors (Lipinski definition) is 3. The van der Waals surface area contributed by atoms with Crippen LogP contribution in [0.1, 0.15) is 19.3 Å². The third-order valence-electron chi connectivity index (χ3n) is 2.20. The third kappa shape index (κ3) is 2.04. The highest BCUT2D eigenvalue weighted by molar-refractivity contribution is 7.84. The lowest BCUT2D eigenvalue weighted by molar-refractivity contribution is 0.0861. The van der Waals surface area contributed by atoms with Gasteiger partial charge in [-0.15, -0.1) is 0 Å². The van der Waals surface area contributed by atoms with Gasteiger partial charge in [0, 0.05) is 0 Å². The van der Waals surface area contributed by atoms with E-state index in [0.717, 1.165) is 12.8 Å². The molecule has 5 heteroatoms. The zero-order valence-corrected chi connectivity index (χ0v) is 7.93. The van der Waals surface area contributed by atoms with E-state index in [1.807, 2.05) is 0 Å². The highest BCUT2D eigenvalue weighted by Gasteiger charge is 2.49. The van der Waals surface area contributed by atoms with Crippen LogP contribution in [0.15, 0.2) is 0 Å². The molecule has 0 radical (unpaired) electrons. The number of rotatable bonds is 5. The quantitative estimate of drug-likeness (QED) is 0.532. The molecule has 1 saturated carbocycles. The van der Waals surface area contributed by atoms with E-state index in [2.05, 4.69) is 4.72 Å². The molecule has 3 N–H and O–H groups in total. The molecule has 0 heterocycles. The van der Waals surface area contributed by atoms with Gasteiger partial charge in [-0.05, 0) is 26.3 Å². The van der Waals surface area contributed by atoms with Crippen LogP contribution in [-0.2, 0) is 11.0 Å². The Bertz CT molecular complexity index is 181. The van der Waals surface area contributed by atoms with E-state index >= 15 is 0 Å². The Morgan fingerprint density at radius 1 is 1.67 bits per heavy atom. The van der Waals surface area contributed by atoms with E-state index in [9.17, 15) is 4.21 Å². The first-order chi connectivity index (χ1) is 5.64. The van der Waals surface area contributed by atoms with Crippen molar-refractivity contribution in [2.45, 2.75) is 30.1 Å². The average molecular weight is 193 g/mol. The van der Waals surface area contributed by atoms with Gasteiger partial charge in [0.1, 0.15) is 0 Å². The molecule has 0 saturated heterocycles. The molecule has 12 heavy (non-hydrogen) atoms. The number of hydrogen-bond acceptors (Lipinski definition) is 3. The summed E-state index contributed by atoms with van der Waals surface area (Å²) in [5.41, 5.74) is 0. The molecule has 2 unspecified atom stereocenters. The van der Waals surface area contributed by atoms with Crippen LogP contribution in [-0.4, -0.2) is 38.9 Å². The van der Waals surface area contributed by atoms with Crippen LogP contribution >= 0.6 is 0 Å². The largest absolute Gasteiger partial charge is 0.394 e. The molecule has 0 aromatic heterocycles. The molecular formula is C7H15NO3S. The summed E-state index contributed by atoms with van der Waals surface area (Å²) in [4.78, 5) is 0. The minimum Gasteiger partial charge on any atom is -0.394 e. The van der Waals surface area contributed by atoms with Gasteiger partial charge in [-0.2, -0.15) is 0 Å². The second-order valence-corrected chi connectivity index (χ2v) is 5.01. The molecule has 4 nitrogen and oxygen atoms in total. The molecule has 72 valence electrons. The lowest BCUT2D eigenvalue weighted by Gasteiger charge is -2.16. The van der Waals surface area contributed by atoms with Gasteiger partial charge < -0.3 is 10.2 Å². The molecular weight excluding hydrogens is 178 g/mol. The first-order valence-corrected chi connectivity index (χ1v) is 5.18. The SMILES string of the molecule is CNS(=O)C1(CC(O)CO)CC1. The van der Waals surface area contributed by atoms with Crippen molar-refractivity contribution in [3.8, 4) is 0 Å². The van der Waals surface area contributed by atoms with Crippen LogP contribution in [0.5, 0.6) is 0 Å². The Morgan fingerprint density at radius 3 is 2.58 bits per heavy atom. The second kappa shape index (κ2) is 3.83. The Kier molecular flexibility index (Phi) is 3.22. The normalized spacial score (nSPS) is 24.9. The molecule has 0 aliphatic heterocycles. The van der Waals surface area contributed by atoms with Crippen LogP contribution in [0.25, 0.3) is 0 Å². The van der Waals surface area contributed by atoms with Gasteiger partial charge in [0.15, 0.2) is 0 Å². The lowest BCUT2D eigenvalue weighted by atomic mass is 10.2. The maximum Gasteiger partial charge on any atom is 0.0977 e. The van der Waals surface area contributed by atoms with Gasteiger partial charge in [-0.3, -0.25) is 0 Å². The minimum absolute atomic E-state index is 0.247. The minimum atomic E-state index is -1.07. The van der Waals surface area contributed by atoms with Crippen LogP contribution in [0.4, 0.5) is 0 Å². The molecule has 0 aromatic carbocycles. The molecule has 1 aliphatic rings. The van der Waals surface area contributed by atoms with Crippen molar-refractivity contribution in [1.29, 1.82) is 0 Å². The summed E-state index contributed by atoms with van der Waals surface area (Å²) in [6, 6.07) is 0. The van der Waals surface area contributed by atoms with Crippen LogP contribution in [0.2, 0.25) is 0 Å². The molecule has 1 rings (SSSR count). The highest BCUT2D eigenvalue weighted by Crippen LogP contribution is 2.44. The van der Waals surface area contributed by atoms with Crippen molar-refractivity contribution >= 4 is 11.0 Å². The zero-order valence-electron chi connectivity index (χ0n) is 7.12. The Balaban J connectivity index is 2.44. The summed E-state index contributed by atoms with van der Waals surface area (Å²) >= 11 is 0. The molecule has 1 aliphatic carbocycles. The third-order valence-corrected chi connectivity index (χ3v) is 3.94. The molecule has 0 spiro atoms. The molecule has 2 atom stereocenters. The number of aliphatic hydroxyl groups excluding tert-OH is 2. The lowest BCUT2D eigenvalue weighted by Crippen LogP contribution is -2.31. The summed E-state index contributed by atoms with van der Waals surface area (Å²) in [6.45, 7) is -0.247. The van der Waals surface area contributed by atoms with Gasteiger partial charge in [-0.1, -0.05) is 0 Å². The van der Waals surface area contributed by atoms with Gasteiger partial charge in [-0.25, -0.2) is 8.93 Å². The van der Waals surface area contributed by atoms with Crippen molar-refractivity contribution in [2.24, 2.45) is 0 Å². The molecule has 1 fully saturated rings. The van der Waals surface area contributed by atoms with Crippen molar-refractivity contribution in [1.82, 2.24) is 4.72 Å². The van der Waals surface area contributed by atoms with E-state index < -0.39 is 17.1 Å². The summed E-state index contributed by atoms with van der Waals surface area (Å²) in [5, 5.41) is 17.8. The van der Waals surface area contributed by atoms with Crippen molar-refractivity contribution in [3.05, 3.63) is 0 Å². The smallest absolute Gasteiger partial charge is 0.0977 e. The standard InChI is InChI=1S/C7H15NO3S/c1-8-12(11)7(2-3-7)4-6(10)5-9/h6,8-10H,2-5H2,1H3. The van der Waals surface area contributed by atoms with Crippen molar-refractivity contribution in [3.63, 3.8) is 0 Å². The zero-order chi connectivity index (χ0) is 9.19. The van der Waals surface area contributed by atoms with E-state index in [4.69, 9.17) is 10.2 Å². The van der Waals surface area contributed by atoms with Gasteiger partial charge >= 0.3 is 0 Å².